The van der Waals surface area contributed by atoms with Gasteiger partial charge in [-0.15, -0.1) is 0 Å². The Morgan fingerprint density at radius 3 is 2.69 bits per heavy atom. The molecule has 2 heterocycles. The van der Waals surface area contributed by atoms with Gasteiger partial charge in [0.1, 0.15) is 6.54 Å². The predicted octanol–water partition coefficient (Wildman–Crippen LogP) is 0.964. The van der Waals surface area contributed by atoms with Crippen molar-refractivity contribution in [3.05, 3.63) is 62.0 Å². The van der Waals surface area contributed by atoms with E-state index in [0.29, 0.717) is 5.02 Å². The van der Waals surface area contributed by atoms with Gasteiger partial charge in [0.05, 0.1) is 12.4 Å². The van der Waals surface area contributed by atoms with Crippen LogP contribution in [0.25, 0.3) is 11.2 Å². The summed E-state index contributed by atoms with van der Waals surface area (Å²) in [5.74, 6) is -0.285. The van der Waals surface area contributed by atoms with Crippen molar-refractivity contribution in [1.82, 2.24) is 24.0 Å². The summed E-state index contributed by atoms with van der Waals surface area (Å²) in [6.07, 6.45) is 1.38. The number of nitrogens with zero attached hydrogens (tertiary/aromatic N) is 4. The Bertz CT molecular complexity index is 1110. The number of rotatable bonds is 4. The van der Waals surface area contributed by atoms with Crippen molar-refractivity contribution in [3.8, 4) is 0 Å². The third-order valence-corrected chi connectivity index (χ3v) is 4.49. The van der Waals surface area contributed by atoms with Crippen LogP contribution in [-0.2, 0) is 25.4 Å². The number of hydrogen-bond donors (Lipinski definition) is 1. The zero-order chi connectivity index (χ0) is 19.0. The first-order valence-corrected chi connectivity index (χ1v) is 8.33. The molecule has 1 aromatic carbocycles. The van der Waals surface area contributed by atoms with E-state index in [1.165, 1.54) is 29.6 Å². The molecule has 3 rings (SSSR count). The first-order valence-electron chi connectivity index (χ1n) is 7.95. The van der Waals surface area contributed by atoms with E-state index in [1.807, 2.05) is 19.1 Å². The van der Waals surface area contributed by atoms with E-state index >= 15 is 0 Å². The Balaban J connectivity index is 1.86. The van der Waals surface area contributed by atoms with Crippen LogP contribution in [0, 0.1) is 0 Å². The second kappa shape index (κ2) is 6.80. The average molecular weight is 376 g/mol. The van der Waals surface area contributed by atoms with Gasteiger partial charge in [0.15, 0.2) is 11.2 Å². The first-order chi connectivity index (χ1) is 12.3. The molecule has 1 N–H and O–H groups in total. The molecule has 0 saturated carbocycles. The number of fused-ring (bicyclic) bond motifs is 1. The molecule has 1 unspecified atom stereocenters. The summed E-state index contributed by atoms with van der Waals surface area (Å²) in [6, 6.07) is 6.98. The lowest BCUT2D eigenvalue weighted by molar-refractivity contribution is -0.122. The third-order valence-electron chi connectivity index (χ3n) is 4.26. The van der Waals surface area contributed by atoms with Crippen LogP contribution < -0.4 is 16.6 Å². The zero-order valence-electron chi connectivity index (χ0n) is 14.6. The number of aromatic nitrogens is 4. The van der Waals surface area contributed by atoms with Gasteiger partial charge in [-0.3, -0.25) is 18.7 Å². The van der Waals surface area contributed by atoms with Gasteiger partial charge in [-0.1, -0.05) is 23.7 Å². The molecule has 0 fully saturated rings. The van der Waals surface area contributed by atoms with Crippen LogP contribution in [0.3, 0.4) is 0 Å². The molecule has 2 aromatic heterocycles. The van der Waals surface area contributed by atoms with Crippen LogP contribution >= 0.6 is 11.6 Å². The summed E-state index contributed by atoms with van der Waals surface area (Å²) < 4.78 is 3.71. The molecule has 1 atom stereocenters. The Kier molecular flexibility index (Phi) is 4.69. The van der Waals surface area contributed by atoms with E-state index in [9.17, 15) is 14.4 Å². The molecular weight excluding hydrogens is 358 g/mol. The highest BCUT2D eigenvalue weighted by molar-refractivity contribution is 6.30. The Labute approximate surface area is 153 Å². The lowest BCUT2D eigenvalue weighted by Gasteiger charge is -2.15. The number of amides is 1. The van der Waals surface area contributed by atoms with Crippen LogP contribution in [0.2, 0.25) is 5.02 Å². The molecule has 0 aliphatic rings. The fourth-order valence-electron chi connectivity index (χ4n) is 2.82. The van der Waals surface area contributed by atoms with E-state index < -0.39 is 11.2 Å². The average Bonchev–Trinajstić information content (AvgIpc) is 3.01. The summed E-state index contributed by atoms with van der Waals surface area (Å²) >= 11 is 5.98. The number of carbonyl (C=O) groups excluding carboxylic acids is 1. The lowest BCUT2D eigenvalue weighted by Crippen LogP contribution is -2.38. The number of hydrogen-bond acceptors (Lipinski definition) is 4. The summed E-state index contributed by atoms with van der Waals surface area (Å²) in [7, 11) is 2.92. The van der Waals surface area contributed by atoms with Crippen LogP contribution in [-0.4, -0.2) is 24.6 Å². The minimum Gasteiger partial charge on any atom is -0.348 e. The van der Waals surface area contributed by atoms with Gasteiger partial charge in [-0.25, -0.2) is 9.78 Å². The minimum atomic E-state index is -0.490. The van der Waals surface area contributed by atoms with Crippen LogP contribution in [0.4, 0.5) is 0 Å². The normalized spacial score (nSPS) is 12.3. The van der Waals surface area contributed by atoms with Gasteiger partial charge in [-0.05, 0) is 24.6 Å². The maximum Gasteiger partial charge on any atom is 0.332 e. The molecule has 3 aromatic rings. The second-order valence-electron chi connectivity index (χ2n) is 6.09. The quantitative estimate of drug-likeness (QED) is 0.735. The maximum absolute atomic E-state index is 12.4. The molecule has 9 heteroatoms. The zero-order valence-corrected chi connectivity index (χ0v) is 15.3. The molecule has 136 valence electrons. The molecule has 0 radical (unpaired) electrons. The van der Waals surface area contributed by atoms with Crippen molar-refractivity contribution < 1.29 is 4.79 Å². The van der Waals surface area contributed by atoms with Crippen molar-refractivity contribution in [2.45, 2.75) is 19.5 Å². The Morgan fingerprint density at radius 2 is 2.00 bits per heavy atom. The smallest absolute Gasteiger partial charge is 0.332 e. The van der Waals surface area contributed by atoms with E-state index in [4.69, 9.17) is 11.6 Å². The maximum atomic E-state index is 12.4. The molecule has 26 heavy (non-hydrogen) atoms. The molecule has 0 spiro atoms. The highest BCUT2D eigenvalue weighted by Crippen LogP contribution is 2.17. The molecule has 0 bridgehead atoms. The van der Waals surface area contributed by atoms with Gasteiger partial charge in [-0.2, -0.15) is 0 Å². The third kappa shape index (κ3) is 3.15. The van der Waals surface area contributed by atoms with E-state index in [-0.39, 0.29) is 29.7 Å². The number of halogens is 1. The number of imidazole rings is 1. The van der Waals surface area contributed by atoms with Crippen molar-refractivity contribution >= 4 is 28.7 Å². The van der Waals surface area contributed by atoms with Gasteiger partial charge < -0.3 is 9.88 Å². The summed E-state index contributed by atoms with van der Waals surface area (Å²) in [6.45, 7) is 1.76. The number of aryl methyl sites for hydroxylation is 1. The van der Waals surface area contributed by atoms with Crippen molar-refractivity contribution in [1.29, 1.82) is 0 Å². The van der Waals surface area contributed by atoms with E-state index in [1.54, 1.807) is 12.1 Å². The highest BCUT2D eigenvalue weighted by atomic mass is 35.5. The Morgan fingerprint density at radius 1 is 1.27 bits per heavy atom. The monoisotopic (exact) mass is 375 g/mol. The molecular formula is C17H18ClN5O3. The minimum absolute atomic E-state index is 0.0884. The van der Waals surface area contributed by atoms with E-state index in [2.05, 4.69) is 10.3 Å². The predicted molar refractivity (Wildman–Crippen MR) is 98.2 cm³/mol. The van der Waals surface area contributed by atoms with Gasteiger partial charge in [0, 0.05) is 19.1 Å². The second-order valence-corrected chi connectivity index (χ2v) is 6.53. The number of nitrogens with one attached hydrogen (secondary N) is 1. The molecule has 0 aliphatic heterocycles. The number of benzene rings is 1. The van der Waals surface area contributed by atoms with Crippen molar-refractivity contribution in [2.75, 3.05) is 0 Å². The van der Waals surface area contributed by atoms with Crippen LogP contribution in [0.5, 0.6) is 0 Å². The van der Waals surface area contributed by atoms with Gasteiger partial charge >= 0.3 is 5.69 Å². The summed E-state index contributed by atoms with van der Waals surface area (Å²) in [5, 5.41) is 3.45. The Hall–Kier alpha value is -2.87. The summed E-state index contributed by atoms with van der Waals surface area (Å²) in [5.41, 5.74) is 0.372. The molecule has 1 amide bonds. The van der Waals surface area contributed by atoms with Crippen molar-refractivity contribution in [3.63, 3.8) is 0 Å². The van der Waals surface area contributed by atoms with E-state index in [0.717, 1.165) is 10.1 Å². The summed E-state index contributed by atoms with van der Waals surface area (Å²) in [4.78, 5) is 40.8. The van der Waals surface area contributed by atoms with Gasteiger partial charge in [0.2, 0.25) is 5.91 Å². The van der Waals surface area contributed by atoms with Crippen molar-refractivity contribution in [2.24, 2.45) is 14.1 Å². The molecule has 0 saturated heterocycles. The molecule has 0 aliphatic carbocycles. The highest BCUT2D eigenvalue weighted by Gasteiger charge is 2.17. The fourth-order valence-corrected chi connectivity index (χ4v) is 3.02. The first kappa shape index (κ1) is 17.9. The molecule has 8 nitrogen and oxygen atoms in total. The topological polar surface area (TPSA) is 90.9 Å². The van der Waals surface area contributed by atoms with Crippen LogP contribution in [0.1, 0.15) is 18.5 Å². The number of carbonyl (C=O) groups is 1. The largest absolute Gasteiger partial charge is 0.348 e. The lowest BCUT2D eigenvalue weighted by atomic mass is 10.1. The fraction of sp³-hybridized carbons (Fsp3) is 0.294. The van der Waals surface area contributed by atoms with Gasteiger partial charge in [0.25, 0.3) is 5.56 Å². The van der Waals surface area contributed by atoms with Crippen LogP contribution in [0.15, 0.2) is 40.2 Å². The SMILES string of the molecule is CC(NC(=O)Cn1cnc2c1c(=O)n(C)c(=O)n2C)c1cccc(Cl)c1. The standard InChI is InChI=1S/C17H18ClN5O3/c1-10(11-5-4-6-12(18)7-11)20-13(24)8-23-9-19-15-14(23)16(25)22(3)17(26)21(15)2/h4-7,9-10H,8H2,1-3H3,(H,20,24).